The van der Waals surface area contributed by atoms with E-state index in [1.54, 1.807) is 6.21 Å². The lowest BCUT2D eigenvalue weighted by molar-refractivity contribution is 0.0168. The third-order valence-electron chi connectivity index (χ3n) is 3.45. The zero-order valence-electron chi connectivity index (χ0n) is 11.7. The highest BCUT2D eigenvalue weighted by Crippen LogP contribution is 2.21. The van der Waals surface area contributed by atoms with Crippen molar-refractivity contribution >= 4 is 12.2 Å². The quantitative estimate of drug-likeness (QED) is 0.490. The summed E-state index contributed by atoms with van der Waals surface area (Å²) in [5, 5.41) is 7.47. The Morgan fingerprint density at radius 3 is 2.70 bits per heavy atom. The van der Waals surface area contributed by atoms with Crippen LogP contribution < -0.4 is 11.5 Å². The summed E-state index contributed by atoms with van der Waals surface area (Å²) < 4.78 is 5.99. The van der Waals surface area contributed by atoms with Gasteiger partial charge in [0.25, 0.3) is 0 Å². The maximum absolute atomic E-state index is 5.99. The van der Waals surface area contributed by atoms with E-state index < -0.39 is 0 Å². The van der Waals surface area contributed by atoms with Gasteiger partial charge in [0.1, 0.15) is 0 Å². The normalized spacial score (nSPS) is 16.4. The van der Waals surface area contributed by atoms with E-state index in [4.69, 9.17) is 16.2 Å². The largest absolute Gasteiger partial charge is 0.374 e. The van der Waals surface area contributed by atoms with Gasteiger partial charge in [-0.1, -0.05) is 43.5 Å². The molecule has 1 aliphatic rings. The Morgan fingerprint density at radius 2 is 1.95 bits per heavy atom. The minimum absolute atomic E-state index is 0.0443. The predicted octanol–water partition coefficient (Wildman–Crippen LogP) is 2.14. The van der Waals surface area contributed by atoms with E-state index in [-0.39, 0.29) is 5.96 Å². The second kappa shape index (κ2) is 7.65. The van der Waals surface area contributed by atoms with Crippen molar-refractivity contribution in [1.82, 2.24) is 0 Å². The third kappa shape index (κ3) is 4.66. The lowest BCUT2D eigenvalue weighted by atomic mass is 9.98. The van der Waals surface area contributed by atoms with Gasteiger partial charge >= 0.3 is 0 Å². The van der Waals surface area contributed by atoms with Crippen molar-refractivity contribution in [3.8, 4) is 0 Å². The lowest BCUT2D eigenvalue weighted by Gasteiger charge is -2.22. The molecule has 1 fully saturated rings. The Bertz CT molecular complexity index is 475. The van der Waals surface area contributed by atoms with Gasteiger partial charge in [0.2, 0.25) is 5.96 Å². The highest BCUT2D eigenvalue weighted by Gasteiger charge is 2.14. The molecular weight excluding hydrogens is 252 g/mol. The van der Waals surface area contributed by atoms with Gasteiger partial charge in [-0.25, -0.2) is 0 Å². The molecule has 0 radical (unpaired) electrons. The molecule has 0 aromatic heterocycles. The van der Waals surface area contributed by atoms with E-state index in [0.717, 1.165) is 11.1 Å². The Kier molecular flexibility index (Phi) is 5.55. The molecule has 4 N–H and O–H groups in total. The van der Waals surface area contributed by atoms with Crippen molar-refractivity contribution in [1.29, 1.82) is 0 Å². The summed E-state index contributed by atoms with van der Waals surface area (Å²) in [5.41, 5.74) is 12.6. The van der Waals surface area contributed by atoms with Gasteiger partial charge in [-0.05, 0) is 18.4 Å². The van der Waals surface area contributed by atoms with Gasteiger partial charge in [0.15, 0.2) is 0 Å². The number of hydrogen-bond donors (Lipinski definition) is 2. The zero-order chi connectivity index (χ0) is 14.2. The molecule has 0 heterocycles. The highest BCUT2D eigenvalue weighted by molar-refractivity contribution is 5.83. The summed E-state index contributed by atoms with van der Waals surface area (Å²) >= 11 is 0. The first-order chi connectivity index (χ1) is 9.75. The maximum Gasteiger partial charge on any atom is 0.211 e. The molecule has 0 spiro atoms. The van der Waals surface area contributed by atoms with Crippen molar-refractivity contribution in [3.63, 3.8) is 0 Å². The van der Waals surface area contributed by atoms with Crippen molar-refractivity contribution in [2.24, 2.45) is 21.7 Å². The minimum Gasteiger partial charge on any atom is -0.374 e. The monoisotopic (exact) mass is 274 g/mol. The van der Waals surface area contributed by atoms with Crippen LogP contribution in [0.4, 0.5) is 0 Å². The van der Waals surface area contributed by atoms with Gasteiger partial charge in [-0.3, -0.25) is 0 Å². The highest BCUT2D eigenvalue weighted by atomic mass is 16.5. The lowest BCUT2D eigenvalue weighted by Crippen LogP contribution is -2.21. The Labute approximate surface area is 119 Å². The van der Waals surface area contributed by atoms with E-state index in [1.165, 1.54) is 32.1 Å². The summed E-state index contributed by atoms with van der Waals surface area (Å²) in [6.07, 6.45) is 8.28. The first-order valence-corrected chi connectivity index (χ1v) is 7.07. The van der Waals surface area contributed by atoms with E-state index in [9.17, 15) is 0 Å². The molecule has 0 atom stereocenters. The number of ether oxygens (including phenoxy) is 1. The topological polar surface area (TPSA) is 86.0 Å². The summed E-state index contributed by atoms with van der Waals surface area (Å²) in [5.74, 6) is -0.0443. The van der Waals surface area contributed by atoms with Crippen LogP contribution in [0.5, 0.6) is 0 Å². The fraction of sp³-hybridized carbons (Fsp3) is 0.467. The molecular formula is C15H22N4O. The maximum atomic E-state index is 5.99. The van der Waals surface area contributed by atoms with Crippen LogP contribution >= 0.6 is 0 Å². The number of benzene rings is 1. The van der Waals surface area contributed by atoms with E-state index >= 15 is 0 Å². The van der Waals surface area contributed by atoms with E-state index in [2.05, 4.69) is 10.2 Å². The molecule has 0 unspecified atom stereocenters. The third-order valence-corrected chi connectivity index (χ3v) is 3.45. The van der Waals surface area contributed by atoms with Crippen LogP contribution in [0, 0.1) is 0 Å². The zero-order valence-corrected chi connectivity index (χ0v) is 11.7. The second-order valence-corrected chi connectivity index (χ2v) is 5.04. The van der Waals surface area contributed by atoms with Crippen LogP contribution in [-0.2, 0) is 11.3 Å². The molecule has 1 aromatic rings. The molecule has 1 saturated carbocycles. The van der Waals surface area contributed by atoms with Crippen LogP contribution in [0.2, 0.25) is 0 Å². The van der Waals surface area contributed by atoms with Gasteiger partial charge in [-0.2, -0.15) is 5.10 Å². The molecule has 2 rings (SSSR count). The minimum atomic E-state index is -0.0443. The Balaban J connectivity index is 1.96. The van der Waals surface area contributed by atoms with Crippen LogP contribution in [-0.4, -0.2) is 18.3 Å². The van der Waals surface area contributed by atoms with Crippen molar-refractivity contribution in [2.45, 2.75) is 44.8 Å². The molecule has 5 nitrogen and oxygen atoms in total. The summed E-state index contributed by atoms with van der Waals surface area (Å²) in [6.45, 7) is 0.606. The molecule has 5 heteroatoms. The molecule has 1 aromatic carbocycles. The summed E-state index contributed by atoms with van der Waals surface area (Å²) in [6, 6.07) is 7.98. The smallest absolute Gasteiger partial charge is 0.211 e. The average Bonchev–Trinajstić information content (AvgIpc) is 2.47. The molecule has 0 aliphatic heterocycles. The van der Waals surface area contributed by atoms with Crippen molar-refractivity contribution < 1.29 is 4.74 Å². The summed E-state index contributed by atoms with van der Waals surface area (Å²) in [4.78, 5) is 0. The van der Waals surface area contributed by atoms with E-state index in [0.29, 0.717) is 12.7 Å². The Morgan fingerprint density at radius 1 is 1.20 bits per heavy atom. The number of nitrogens with zero attached hydrogens (tertiary/aromatic N) is 2. The molecule has 1 aliphatic carbocycles. The fourth-order valence-corrected chi connectivity index (χ4v) is 2.39. The molecule has 108 valence electrons. The fourth-order valence-electron chi connectivity index (χ4n) is 2.39. The molecule has 0 bridgehead atoms. The van der Waals surface area contributed by atoms with E-state index in [1.807, 2.05) is 24.3 Å². The number of nitrogens with two attached hydrogens (primary N) is 2. The van der Waals surface area contributed by atoms with Crippen molar-refractivity contribution in [2.75, 3.05) is 0 Å². The second-order valence-electron chi connectivity index (χ2n) is 5.04. The summed E-state index contributed by atoms with van der Waals surface area (Å²) in [7, 11) is 0. The molecule has 0 saturated heterocycles. The van der Waals surface area contributed by atoms with Crippen LogP contribution in [0.1, 0.15) is 43.2 Å². The van der Waals surface area contributed by atoms with Crippen LogP contribution in [0.25, 0.3) is 0 Å². The number of rotatable bonds is 5. The van der Waals surface area contributed by atoms with Gasteiger partial charge in [0, 0.05) is 5.56 Å². The first-order valence-electron chi connectivity index (χ1n) is 7.07. The Hall–Kier alpha value is -1.88. The van der Waals surface area contributed by atoms with Gasteiger partial charge in [-0.15, -0.1) is 5.10 Å². The predicted molar refractivity (Wildman–Crippen MR) is 81.5 cm³/mol. The molecule has 0 amide bonds. The standard InChI is InChI=1S/C15H22N4O/c16-15(17)19-18-10-12-6-4-5-7-13(12)11-20-14-8-2-1-3-9-14/h4-7,10,14H,1-3,8-9,11H2,(H4,16,17,19). The number of hydrogen-bond acceptors (Lipinski definition) is 3. The first kappa shape index (κ1) is 14.5. The SMILES string of the molecule is NC(N)=NN=Cc1ccccc1COC1CCCCC1. The van der Waals surface area contributed by atoms with Crippen LogP contribution in [0.3, 0.4) is 0 Å². The average molecular weight is 274 g/mol. The molecule has 20 heavy (non-hydrogen) atoms. The van der Waals surface area contributed by atoms with Crippen LogP contribution in [0.15, 0.2) is 34.5 Å². The van der Waals surface area contributed by atoms with Gasteiger partial charge in [0.05, 0.1) is 18.9 Å². The van der Waals surface area contributed by atoms with Gasteiger partial charge < -0.3 is 16.2 Å². The van der Waals surface area contributed by atoms with Crippen molar-refractivity contribution in [3.05, 3.63) is 35.4 Å². The number of guanidine groups is 1.